The molecule has 0 atom stereocenters. The monoisotopic (exact) mass is 513 g/mol. The summed E-state index contributed by atoms with van der Waals surface area (Å²) in [5.74, 6) is 0.644. The lowest BCUT2D eigenvalue weighted by Gasteiger charge is -2.07. The zero-order chi connectivity index (χ0) is 21.7. The molecule has 30 heavy (non-hydrogen) atoms. The molecule has 0 aliphatic heterocycles. The van der Waals surface area contributed by atoms with Crippen molar-refractivity contribution in [2.75, 3.05) is 17.7 Å². The molecule has 0 spiro atoms. The number of rotatable bonds is 9. The van der Waals surface area contributed by atoms with Gasteiger partial charge in [-0.2, -0.15) is 0 Å². The molecule has 0 fully saturated rings. The maximum absolute atomic E-state index is 12.4. The summed E-state index contributed by atoms with van der Waals surface area (Å²) in [7, 11) is 0. The molecule has 0 bridgehead atoms. The number of thioether (sulfide) groups is 1. The standard InChI is InChI=1S/C18H20BrN5O4S2/c1-4-8-24-15(11-6-7-12(19)28-11)22-23-18(24)29-9-13(25)21-17-20-10(3)14(30-17)16(26)27-5-2/h6-7H,4-5,8-9H2,1-3H3,(H,20,21,25). The lowest BCUT2D eigenvalue weighted by molar-refractivity contribution is -0.113. The minimum Gasteiger partial charge on any atom is -0.462 e. The summed E-state index contributed by atoms with van der Waals surface area (Å²) in [5, 5.41) is 12.1. The second-order valence-corrected chi connectivity index (χ2v) is 8.78. The third-order valence-electron chi connectivity index (χ3n) is 3.79. The van der Waals surface area contributed by atoms with Crippen molar-refractivity contribution in [2.24, 2.45) is 0 Å². The molecule has 12 heteroatoms. The number of aryl methyl sites for hydroxylation is 1. The molecule has 1 amide bonds. The van der Waals surface area contributed by atoms with Crippen LogP contribution in [0.15, 0.2) is 26.4 Å². The highest BCUT2D eigenvalue weighted by Gasteiger charge is 2.20. The van der Waals surface area contributed by atoms with E-state index in [2.05, 4.69) is 43.4 Å². The number of amides is 1. The highest BCUT2D eigenvalue weighted by Crippen LogP contribution is 2.28. The summed E-state index contributed by atoms with van der Waals surface area (Å²) >= 11 is 5.66. The number of carbonyl (C=O) groups excluding carboxylic acids is 2. The minimum atomic E-state index is -0.438. The number of halogens is 1. The average molecular weight is 514 g/mol. The molecule has 0 aromatic carbocycles. The van der Waals surface area contributed by atoms with Crippen molar-refractivity contribution in [1.29, 1.82) is 0 Å². The summed E-state index contributed by atoms with van der Waals surface area (Å²) in [6, 6.07) is 3.61. The molecule has 0 aliphatic carbocycles. The summed E-state index contributed by atoms with van der Waals surface area (Å²) in [5.41, 5.74) is 0.526. The molecule has 0 saturated carbocycles. The molecule has 3 rings (SSSR count). The Hall–Kier alpha value is -2.18. The van der Waals surface area contributed by atoms with Gasteiger partial charge in [0.2, 0.25) is 11.7 Å². The Morgan fingerprint density at radius 1 is 1.33 bits per heavy atom. The van der Waals surface area contributed by atoms with Gasteiger partial charge in [0, 0.05) is 6.54 Å². The zero-order valence-corrected chi connectivity index (χ0v) is 19.8. The van der Waals surface area contributed by atoms with E-state index in [1.54, 1.807) is 19.9 Å². The van der Waals surface area contributed by atoms with Crippen molar-refractivity contribution in [3.8, 4) is 11.6 Å². The first-order valence-corrected chi connectivity index (χ1v) is 11.8. The molecule has 3 aromatic rings. The Labute approximate surface area is 189 Å². The fourth-order valence-corrected chi connectivity index (χ4v) is 4.51. The van der Waals surface area contributed by atoms with E-state index < -0.39 is 5.97 Å². The van der Waals surface area contributed by atoms with Gasteiger partial charge in [-0.3, -0.25) is 9.36 Å². The second kappa shape index (κ2) is 10.2. The number of aromatic nitrogens is 4. The Bertz CT molecular complexity index is 1050. The van der Waals surface area contributed by atoms with Crippen molar-refractivity contribution in [3.63, 3.8) is 0 Å². The van der Waals surface area contributed by atoms with Crippen LogP contribution in [0, 0.1) is 6.92 Å². The molecule has 3 heterocycles. The van der Waals surface area contributed by atoms with Crippen LogP contribution in [-0.2, 0) is 16.1 Å². The quantitative estimate of drug-likeness (QED) is 0.331. The van der Waals surface area contributed by atoms with Crippen LogP contribution < -0.4 is 5.32 Å². The molecule has 0 aliphatic rings. The Balaban J connectivity index is 1.66. The van der Waals surface area contributed by atoms with Crippen molar-refractivity contribution in [3.05, 3.63) is 27.4 Å². The van der Waals surface area contributed by atoms with Crippen molar-refractivity contribution >= 4 is 56.0 Å². The number of thiazole rings is 1. The largest absolute Gasteiger partial charge is 0.462 e. The van der Waals surface area contributed by atoms with Crippen LogP contribution >= 0.6 is 39.0 Å². The predicted molar refractivity (Wildman–Crippen MR) is 118 cm³/mol. The topological polar surface area (TPSA) is 112 Å². The van der Waals surface area contributed by atoms with Gasteiger partial charge < -0.3 is 14.5 Å². The van der Waals surface area contributed by atoms with E-state index in [1.165, 1.54) is 11.8 Å². The summed E-state index contributed by atoms with van der Waals surface area (Å²) in [4.78, 5) is 28.9. The summed E-state index contributed by atoms with van der Waals surface area (Å²) in [6.45, 7) is 6.47. The van der Waals surface area contributed by atoms with Crippen LogP contribution in [0.5, 0.6) is 0 Å². The first-order chi connectivity index (χ1) is 14.4. The predicted octanol–water partition coefficient (Wildman–Crippen LogP) is 4.38. The number of nitrogens with one attached hydrogen (secondary N) is 1. The van der Waals surface area contributed by atoms with E-state index in [1.807, 2.05) is 10.6 Å². The highest BCUT2D eigenvalue weighted by atomic mass is 79.9. The van der Waals surface area contributed by atoms with E-state index in [9.17, 15) is 9.59 Å². The molecular formula is C18H20BrN5O4S2. The molecule has 9 nitrogen and oxygen atoms in total. The Morgan fingerprint density at radius 3 is 2.80 bits per heavy atom. The lowest BCUT2D eigenvalue weighted by Crippen LogP contribution is -2.14. The number of nitrogens with zero attached hydrogens (tertiary/aromatic N) is 4. The third-order valence-corrected chi connectivity index (χ3v) is 6.24. The molecule has 1 N–H and O–H groups in total. The van der Waals surface area contributed by atoms with E-state index in [0.717, 1.165) is 17.8 Å². The molecule has 0 saturated heterocycles. The number of anilines is 1. The highest BCUT2D eigenvalue weighted by molar-refractivity contribution is 9.10. The van der Waals surface area contributed by atoms with Crippen LogP contribution in [0.1, 0.15) is 35.6 Å². The SMILES string of the molecule is CCCn1c(SCC(=O)Nc2nc(C)c(C(=O)OCC)s2)nnc1-c1ccc(Br)o1. The van der Waals surface area contributed by atoms with Gasteiger partial charge in [-0.05, 0) is 48.3 Å². The van der Waals surface area contributed by atoms with Crippen LogP contribution in [0.3, 0.4) is 0 Å². The number of esters is 1. The molecular weight excluding hydrogens is 494 g/mol. The van der Waals surface area contributed by atoms with Gasteiger partial charge in [0.1, 0.15) is 4.88 Å². The van der Waals surface area contributed by atoms with Gasteiger partial charge in [0.05, 0.1) is 18.1 Å². The lowest BCUT2D eigenvalue weighted by atomic mass is 10.4. The normalized spacial score (nSPS) is 10.9. The van der Waals surface area contributed by atoms with Gasteiger partial charge in [-0.25, -0.2) is 9.78 Å². The first kappa shape index (κ1) is 22.5. The van der Waals surface area contributed by atoms with Crippen LogP contribution in [0.25, 0.3) is 11.6 Å². The van der Waals surface area contributed by atoms with Crippen LogP contribution in [0.4, 0.5) is 5.13 Å². The second-order valence-electron chi connectivity index (χ2n) is 6.05. The molecule has 3 aromatic heterocycles. The molecule has 0 unspecified atom stereocenters. The van der Waals surface area contributed by atoms with Gasteiger partial charge in [-0.15, -0.1) is 10.2 Å². The summed E-state index contributed by atoms with van der Waals surface area (Å²) < 4.78 is 13.1. The fourth-order valence-electron chi connectivity index (χ4n) is 2.56. The minimum absolute atomic E-state index is 0.122. The summed E-state index contributed by atoms with van der Waals surface area (Å²) in [6.07, 6.45) is 0.877. The van der Waals surface area contributed by atoms with Crippen LogP contribution in [0.2, 0.25) is 0 Å². The third kappa shape index (κ3) is 5.29. The van der Waals surface area contributed by atoms with Crippen molar-refractivity contribution < 1.29 is 18.7 Å². The van der Waals surface area contributed by atoms with Gasteiger partial charge in [-0.1, -0.05) is 30.0 Å². The average Bonchev–Trinajstić information content (AvgIpc) is 3.39. The number of hydrogen-bond acceptors (Lipinski definition) is 9. The number of ether oxygens (including phenoxy) is 1. The smallest absolute Gasteiger partial charge is 0.350 e. The van der Waals surface area contributed by atoms with Gasteiger partial charge in [0.25, 0.3) is 0 Å². The molecule has 0 radical (unpaired) electrons. The maximum Gasteiger partial charge on any atom is 0.350 e. The van der Waals surface area contributed by atoms with Crippen molar-refractivity contribution in [2.45, 2.75) is 38.9 Å². The first-order valence-electron chi connectivity index (χ1n) is 9.19. The van der Waals surface area contributed by atoms with Gasteiger partial charge >= 0.3 is 5.97 Å². The van der Waals surface area contributed by atoms with E-state index in [4.69, 9.17) is 9.15 Å². The van der Waals surface area contributed by atoms with Crippen molar-refractivity contribution in [1.82, 2.24) is 19.7 Å². The van der Waals surface area contributed by atoms with E-state index in [0.29, 0.717) is 43.7 Å². The van der Waals surface area contributed by atoms with Crippen LogP contribution in [-0.4, -0.2) is 44.0 Å². The number of hydrogen-bond donors (Lipinski definition) is 1. The fraction of sp³-hybridized carbons (Fsp3) is 0.389. The Kier molecular flexibility index (Phi) is 7.67. The zero-order valence-electron chi connectivity index (χ0n) is 16.6. The maximum atomic E-state index is 12.4. The molecule has 160 valence electrons. The number of furan rings is 1. The van der Waals surface area contributed by atoms with E-state index >= 15 is 0 Å². The van der Waals surface area contributed by atoms with Gasteiger partial charge in [0.15, 0.2) is 20.7 Å². The Morgan fingerprint density at radius 2 is 2.13 bits per heavy atom. The number of carbonyl (C=O) groups is 2. The van der Waals surface area contributed by atoms with E-state index in [-0.39, 0.29) is 18.3 Å².